The lowest BCUT2D eigenvalue weighted by atomic mass is 9.65. The highest BCUT2D eigenvalue weighted by molar-refractivity contribution is 6.17. The molecular weight excluding hydrogens is 1120 g/mol. The predicted octanol–water partition coefficient (Wildman–Crippen LogP) is 22.9. The van der Waals surface area contributed by atoms with Crippen molar-refractivity contribution < 1.29 is 18.3 Å². The molecule has 0 amide bonds. The molecule has 6 heteroatoms. The highest BCUT2D eigenvalue weighted by Crippen LogP contribution is 2.66. The van der Waals surface area contributed by atoms with Gasteiger partial charge in [-0.3, -0.25) is 0 Å². The van der Waals surface area contributed by atoms with Crippen molar-refractivity contribution in [1.82, 2.24) is 0 Å². The van der Waals surface area contributed by atoms with E-state index in [1.807, 2.05) is 24.3 Å². The smallest absolute Gasteiger partial charge is 0.155 e. The molecule has 4 heterocycles. The van der Waals surface area contributed by atoms with Crippen LogP contribution in [0.2, 0.25) is 0 Å². The van der Waals surface area contributed by atoms with Gasteiger partial charge < -0.3 is 28.9 Å². The number of hydrogen-bond donors (Lipinski definition) is 2. The summed E-state index contributed by atoms with van der Waals surface area (Å²) < 4.78 is 27.4. The van der Waals surface area contributed by atoms with Crippen molar-refractivity contribution in [2.45, 2.75) is 10.8 Å². The van der Waals surface area contributed by atoms with Crippen molar-refractivity contribution in [1.29, 1.82) is 0 Å². The zero-order valence-corrected chi connectivity index (χ0v) is 49.5. The molecule has 14 aromatic carbocycles. The normalized spacial score (nSPS) is 14.8. The number of benzene rings is 14. The largest absolute Gasteiger partial charge is 0.457 e. The molecule has 0 bridgehead atoms. The second-order valence-corrected chi connectivity index (χ2v) is 24.6. The van der Waals surface area contributed by atoms with E-state index in [0.29, 0.717) is 0 Å². The molecule has 2 N–H and O–H groups in total. The van der Waals surface area contributed by atoms with Crippen LogP contribution < -0.4 is 20.1 Å². The second-order valence-electron chi connectivity index (χ2n) is 24.6. The maximum Gasteiger partial charge on any atom is 0.155 e. The average Bonchev–Trinajstić information content (AvgIpc) is 1.49. The fraction of sp³-hybridized carbons (Fsp3) is 0.0233. The molecule has 2 aliphatic carbocycles. The minimum atomic E-state index is -0.718. The van der Waals surface area contributed by atoms with Crippen molar-refractivity contribution in [2.75, 3.05) is 10.6 Å². The number of ether oxygens (including phenoxy) is 2. The summed E-state index contributed by atoms with van der Waals surface area (Å²) in [4.78, 5) is 0. The van der Waals surface area contributed by atoms with Crippen molar-refractivity contribution in [3.05, 3.63) is 348 Å². The Morgan fingerprint density at radius 1 is 0.261 bits per heavy atom. The maximum absolute atomic E-state index is 7.13. The van der Waals surface area contributed by atoms with Crippen LogP contribution in [-0.2, 0) is 10.8 Å². The molecule has 1 unspecified atom stereocenters. The molecule has 430 valence electrons. The van der Waals surface area contributed by atoms with Crippen molar-refractivity contribution in [3.8, 4) is 78.6 Å². The van der Waals surface area contributed by atoms with Crippen LogP contribution in [0.15, 0.2) is 312 Å². The number of hydrogen-bond acceptors (Lipinski definition) is 6. The van der Waals surface area contributed by atoms with Gasteiger partial charge in [0.25, 0.3) is 0 Å². The summed E-state index contributed by atoms with van der Waals surface area (Å²) in [7, 11) is 0. The SMILES string of the molecule is c1ccc2c(c1)Oc1c(Nc3cccc4oc5ccccc5c34)cccc1C21c2ccccc2-c2c(-c3cccc4c3oc3cccc(-c5ccc(-c6ccc(Nc7cccc8c7C7(c9ccccc9O8)c8ccccc8-c8ccccc87)cc6)cc5)c34)cccc21. The first-order chi connectivity index (χ1) is 45.6. The first-order valence-corrected chi connectivity index (χ1v) is 31.5. The van der Waals surface area contributed by atoms with Crippen molar-refractivity contribution in [3.63, 3.8) is 0 Å². The van der Waals surface area contributed by atoms with Gasteiger partial charge in [0.2, 0.25) is 0 Å². The van der Waals surface area contributed by atoms with Gasteiger partial charge in [0.1, 0.15) is 39.6 Å². The molecule has 0 saturated heterocycles. The molecule has 16 aromatic rings. The first-order valence-electron chi connectivity index (χ1n) is 31.5. The highest BCUT2D eigenvalue weighted by atomic mass is 16.5. The fourth-order valence-corrected chi connectivity index (χ4v) is 16.4. The number of rotatable bonds is 7. The molecule has 4 aliphatic rings. The Morgan fingerprint density at radius 2 is 0.750 bits per heavy atom. The van der Waals surface area contributed by atoms with Gasteiger partial charge in [-0.2, -0.15) is 0 Å². The first kappa shape index (κ1) is 50.8. The number of anilines is 4. The predicted molar refractivity (Wildman–Crippen MR) is 372 cm³/mol. The van der Waals surface area contributed by atoms with Gasteiger partial charge >= 0.3 is 0 Å². The number of nitrogens with one attached hydrogen (secondary N) is 2. The van der Waals surface area contributed by atoms with Gasteiger partial charge in [0.05, 0.1) is 27.6 Å². The van der Waals surface area contributed by atoms with Gasteiger partial charge in [-0.25, -0.2) is 0 Å². The fourth-order valence-electron chi connectivity index (χ4n) is 16.4. The quantitative estimate of drug-likeness (QED) is 0.166. The molecular formula is C86H52N2O4. The third-order valence-corrected chi connectivity index (χ3v) is 20.0. The lowest BCUT2D eigenvalue weighted by Gasteiger charge is -2.40. The molecule has 2 spiro atoms. The number of para-hydroxylation sites is 5. The lowest BCUT2D eigenvalue weighted by Crippen LogP contribution is -2.33. The van der Waals surface area contributed by atoms with E-state index < -0.39 is 10.8 Å². The van der Waals surface area contributed by atoms with Gasteiger partial charge in [-0.05, 0) is 139 Å². The Kier molecular flexibility index (Phi) is 10.6. The van der Waals surface area contributed by atoms with Crippen LogP contribution in [0.1, 0.15) is 44.5 Å². The number of furan rings is 2. The van der Waals surface area contributed by atoms with Crippen LogP contribution in [-0.4, -0.2) is 0 Å². The Bertz CT molecular complexity index is 5750. The summed E-state index contributed by atoms with van der Waals surface area (Å²) in [6.07, 6.45) is 0. The highest BCUT2D eigenvalue weighted by Gasteiger charge is 2.54. The minimum Gasteiger partial charge on any atom is -0.457 e. The van der Waals surface area contributed by atoms with E-state index in [2.05, 4.69) is 290 Å². The van der Waals surface area contributed by atoms with E-state index in [9.17, 15) is 0 Å². The molecule has 0 saturated carbocycles. The zero-order valence-electron chi connectivity index (χ0n) is 49.5. The summed E-state index contributed by atoms with van der Waals surface area (Å²) in [6.45, 7) is 0. The Hall–Kier alpha value is -12.1. The Labute approximate surface area is 529 Å². The average molecular weight is 1180 g/mol. The van der Waals surface area contributed by atoms with E-state index in [1.165, 1.54) is 44.5 Å². The molecule has 1 atom stereocenters. The second kappa shape index (κ2) is 19.2. The Morgan fingerprint density at radius 3 is 1.53 bits per heavy atom. The van der Waals surface area contributed by atoms with E-state index in [4.69, 9.17) is 18.3 Å². The number of fused-ring (bicyclic) bond motifs is 24. The molecule has 20 rings (SSSR count). The topological polar surface area (TPSA) is 68.8 Å². The summed E-state index contributed by atoms with van der Waals surface area (Å²) in [6, 6.07) is 109. The summed E-state index contributed by atoms with van der Waals surface area (Å²) in [5, 5.41) is 12.0. The van der Waals surface area contributed by atoms with Gasteiger partial charge in [-0.15, -0.1) is 0 Å². The van der Waals surface area contributed by atoms with E-state index >= 15 is 0 Å². The monoisotopic (exact) mass is 1180 g/mol. The molecule has 6 nitrogen and oxygen atoms in total. The van der Waals surface area contributed by atoms with Crippen molar-refractivity contribution >= 4 is 66.6 Å². The van der Waals surface area contributed by atoms with Gasteiger partial charge in [0.15, 0.2) is 5.75 Å². The zero-order chi connectivity index (χ0) is 60.2. The van der Waals surface area contributed by atoms with Gasteiger partial charge in [-0.1, -0.05) is 237 Å². The van der Waals surface area contributed by atoms with Crippen LogP contribution in [0.25, 0.3) is 99.5 Å². The maximum atomic E-state index is 7.13. The molecule has 2 aromatic heterocycles. The summed E-state index contributed by atoms with van der Waals surface area (Å²) in [5.41, 5.74) is 26.7. The van der Waals surface area contributed by atoms with E-state index in [-0.39, 0.29) is 0 Å². The molecule has 2 aliphatic heterocycles. The third kappa shape index (κ3) is 6.92. The van der Waals surface area contributed by atoms with Crippen LogP contribution in [0.3, 0.4) is 0 Å². The van der Waals surface area contributed by atoms with E-state index in [0.717, 1.165) is 145 Å². The van der Waals surface area contributed by atoms with Gasteiger partial charge in [0, 0.05) is 55.4 Å². The summed E-state index contributed by atoms with van der Waals surface area (Å²) >= 11 is 0. The molecule has 0 fully saturated rings. The lowest BCUT2D eigenvalue weighted by molar-refractivity contribution is 0.437. The van der Waals surface area contributed by atoms with Crippen LogP contribution >= 0.6 is 0 Å². The van der Waals surface area contributed by atoms with Crippen LogP contribution in [0, 0.1) is 0 Å². The Balaban J connectivity index is 0.653. The van der Waals surface area contributed by atoms with Crippen LogP contribution in [0.5, 0.6) is 23.0 Å². The molecule has 92 heavy (non-hydrogen) atoms. The third-order valence-electron chi connectivity index (χ3n) is 20.0. The van der Waals surface area contributed by atoms with Crippen molar-refractivity contribution in [2.24, 2.45) is 0 Å². The standard InChI is InChI=1S/C86H52N2O4/c1-5-27-63-56(19-1)57-20-2-6-28-64(57)86(63)67-31-9-11-38-74(67)90-78-42-18-35-71(82(78)86)87-54-49-47-52(48-50-54)51-43-45-53(46-44-51)55-23-15-40-76-80(55)62-26-13-25-59(83(62)92-76)58-24-14-32-68-79(58)60-21-3-7-29-65(60)85(68)66-30-8-12-39-75(66)91-84-69(85)33-16-36-72(84)88-70-34-17-41-77-81(70)61-22-4-10-37-73(61)89-77/h1-50,87-88H. The molecule has 0 radical (unpaired) electrons. The van der Waals surface area contributed by atoms with E-state index in [1.54, 1.807) is 0 Å². The summed E-state index contributed by atoms with van der Waals surface area (Å²) in [5.74, 6) is 3.34. The van der Waals surface area contributed by atoms with Crippen LogP contribution in [0.4, 0.5) is 22.7 Å². The minimum absolute atomic E-state index is 0.579.